The summed E-state index contributed by atoms with van der Waals surface area (Å²) in [7, 11) is 0.954. The van der Waals surface area contributed by atoms with Crippen LogP contribution in [0, 0.1) is 0 Å². The molecule has 4 nitrogen and oxygen atoms in total. The smallest absolute Gasteiger partial charge is 0.417 e. The highest BCUT2D eigenvalue weighted by Gasteiger charge is 2.22. The van der Waals surface area contributed by atoms with Gasteiger partial charge in [0, 0.05) is 6.08 Å². The van der Waals surface area contributed by atoms with E-state index in [0.717, 1.165) is 7.11 Å². The van der Waals surface area contributed by atoms with Gasteiger partial charge in [-0.05, 0) is 6.08 Å². The zero-order valence-corrected chi connectivity index (χ0v) is 7.13. The van der Waals surface area contributed by atoms with Gasteiger partial charge in [-0.25, -0.2) is 9.59 Å². The molecule has 0 aromatic rings. The Kier molecular flexibility index (Phi) is 4.68. The molecule has 14 heavy (non-hydrogen) atoms. The van der Waals surface area contributed by atoms with Crippen molar-refractivity contribution >= 4 is 11.9 Å². The van der Waals surface area contributed by atoms with Crippen LogP contribution in [0.1, 0.15) is 0 Å². The van der Waals surface area contributed by atoms with Gasteiger partial charge in [-0.15, -0.1) is 0 Å². The van der Waals surface area contributed by atoms with E-state index in [1.165, 1.54) is 0 Å². The van der Waals surface area contributed by atoms with E-state index in [1.807, 2.05) is 0 Å². The van der Waals surface area contributed by atoms with Crippen LogP contribution >= 0.6 is 0 Å². The van der Waals surface area contributed by atoms with E-state index in [2.05, 4.69) is 9.47 Å². The summed E-state index contributed by atoms with van der Waals surface area (Å²) in [6.07, 6.45) is -3.99. The minimum atomic E-state index is -4.46. The second-order valence-corrected chi connectivity index (χ2v) is 2.03. The van der Waals surface area contributed by atoms with E-state index < -0.39 is 24.7 Å². The van der Waals surface area contributed by atoms with Crippen LogP contribution in [0.4, 0.5) is 13.2 Å². The average molecular weight is 212 g/mol. The molecule has 0 fully saturated rings. The molecule has 0 spiro atoms. The van der Waals surface area contributed by atoms with Gasteiger partial charge in [0.15, 0.2) is 0 Å². The first-order chi connectivity index (χ1) is 6.37. The van der Waals surface area contributed by atoms with Crippen LogP contribution in [0.3, 0.4) is 0 Å². The quantitative estimate of drug-likeness (QED) is 0.386. The summed E-state index contributed by atoms with van der Waals surface area (Å²) in [5.74, 6) is -2.59. The number of allylic oxidation sites excluding steroid dienone is 1. The van der Waals surface area contributed by atoms with Gasteiger partial charge < -0.3 is 9.47 Å². The van der Waals surface area contributed by atoms with Gasteiger partial charge in [-0.3, -0.25) is 0 Å². The van der Waals surface area contributed by atoms with Crippen molar-refractivity contribution in [2.24, 2.45) is 0 Å². The van der Waals surface area contributed by atoms with E-state index in [0.29, 0.717) is 6.08 Å². The van der Waals surface area contributed by atoms with Crippen LogP contribution in [0.5, 0.6) is 0 Å². The zero-order chi connectivity index (χ0) is 11.2. The number of halogens is 3. The first-order valence-corrected chi connectivity index (χ1v) is 3.36. The fraction of sp³-hybridized carbons (Fsp3) is 0.429. The summed E-state index contributed by atoms with van der Waals surface area (Å²) >= 11 is 0. The highest BCUT2D eigenvalue weighted by molar-refractivity contribution is 6.29. The molecule has 0 heterocycles. The van der Waals surface area contributed by atoms with Crippen molar-refractivity contribution in [3.8, 4) is 0 Å². The predicted molar refractivity (Wildman–Crippen MR) is 38.2 cm³/mol. The fourth-order valence-electron chi connectivity index (χ4n) is 0.448. The molecule has 0 bridgehead atoms. The number of carbonyl (C=O) groups excluding carboxylic acids is 2. The summed E-state index contributed by atoms with van der Waals surface area (Å²) in [6.45, 7) is -0.632. The molecule has 0 aliphatic rings. The molecule has 0 rings (SSSR count). The predicted octanol–water partition coefficient (Wildman–Crippen LogP) is 0.821. The average Bonchev–Trinajstić information content (AvgIpc) is 2.09. The first-order valence-electron chi connectivity index (χ1n) is 3.36. The molecule has 0 N–H and O–H groups in total. The fourth-order valence-corrected chi connectivity index (χ4v) is 0.448. The molecule has 80 valence electrons. The molecule has 0 saturated carbocycles. The van der Waals surface area contributed by atoms with Crippen LogP contribution in [0.15, 0.2) is 12.2 Å². The molecule has 0 radical (unpaired) electrons. The van der Waals surface area contributed by atoms with Crippen molar-refractivity contribution in [2.75, 3.05) is 13.7 Å². The second-order valence-electron chi connectivity index (χ2n) is 2.03. The molecule has 0 aliphatic heterocycles. The van der Waals surface area contributed by atoms with Crippen LogP contribution in [0.25, 0.3) is 0 Å². The van der Waals surface area contributed by atoms with E-state index in [4.69, 9.17) is 0 Å². The number of methoxy groups -OCH3 is 1. The molecule has 0 saturated heterocycles. The maximum atomic E-state index is 11.5. The van der Waals surface area contributed by atoms with Crippen molar-refractivity contribution in [3.63, 3.8) is 0 Å². The van der Waals surface area contributed by atoms with Crippen molar-refractivity contribution in [2.45, 2.75) is 6.18 Å². The van der Waals surface area contributed by atoms with E-state index in [9.17, 15) is 22.8 Å². The summed E-state index contributed by atoms with van der Waals surface area (Å²) in [5.41, 5.74) is 0. The molecule has 0 aromatic carbocycles. The normalized spacial score (nSPS) is 11.4. The zero-order valence-electron chi connectivity index (χ0n) is 7.13. The summed E-state index contributed by atoms with van der Waals surface area (Å²) in [4.78, 5) is 20.8. The minimum Gasteiger partial charge on any atom is -0.461 e. The Morgan fingerprint density at radius 1 is 1.29 bits per heavy atom. The Hall–Kier alpha value is -1.53. The summed E-state index contributed by atoms with van der Waals surface area (Å²) in [6, 6.07) is 0. The Labute approximate surface area is 77.3 Å². The molecular weight excluding hydrogens is 205 g/mol. The standard InChI is InChI=1S/C7H7F3O4/c1-13-5(11)6(12)14-4-2-3-7(8,9)10/h2-3H,4H2,1H3/b3-2+. The number of alkyl halides is 3. The highest BCUT2D eigenvalue weighted by atomic mass is 19.4. The SMILES string of the molecule is COC(=O)C(=O)OC/C=C/C(F)(F)F. The van der Waals surface area contributed by atoms with Gasteiger partial charge in [0.1, 0.15) is 6.61 Å². The largest absolute Gasteiger partial charge is 0.461 e. The molecule has 0 atom stereocenters. The Bertz CT molecular complexity index is 244. The lowest BCUT2D eigenvalue weighted by Crippen LogP contribution is -2.18. The molecule has 0 aromatic heterocycles. The second kappa shape index (κ2) is 5.25. The van der Waals surface area contributed by atoms with E-state index in [-0.39, 0.29) is 6.08 Å². The monoisotopic (exact) mass is 212 g/mol. The maximum Gasteiger partial charge on any atom is 0.417 e. The van der Waals surface area contributed by atoms with Gasteiger partial charge in [-0.1, -0.05) is 0 Å². The van der Waals surface area contributed by atoms with Crippen molar-refractivity contribution in [3.05, 3.63) is 12.2 Å². The van der Waals surface area contributed by atoms with Crippen LogP contribution in [-0.2, 0) is 19.1 Å². The van der Waals surface area contributed by atoms with Gasteiger partial charge in [0.2, 0.25) is 0 Å². The third-order valence-corrected chi connectivity index (χ3v) is 0.970. The number of hydrogen-bond donors (Lipinski definition) is 0. The van der Waals surface area contributed by atoms with Crippen molar-refractivity contribution < 1.29 is 32.2 Å². The Balaban J connectivity index is 3.81. The molecule has 0 aliphatic carbocycles. The van der Waals surface area contributed by atoms with Gasteiger partial charge in [-0.2, -0.15) is 13.2 Å². The number of esters is 2. The third-order valence-electron chi connectivity index (χ3n) is 0.970. The lowest BCUT2D eigenvalue weighted by molar-refractivity contribution is -0.165. The Morgan fingerprint density at radius 3 is 2.29 bits per heavy atom. The number of ether oxygens (including phenoxy) is 2. The molecule has 0 unspecified atom stereocenters. The number of carbonyl (C=O) groups is 2. The summed E-state index contributed by atoms with van der Waals surface area (Å²) in [5, 5.41) is 0. The molecule has 0 amide bonds. The van der Waals surface area contributed by atoms with Crippen molar-refractivity contribution in [1.82, 2.24) is 0 Å². The third kappa shape index (κ3) is 6.04. The van der Waals surface area contributed by atoms with Gasteiger partial charge >= 0.3 is 18.1 Å². The van der Waals surface area contributed by atoms with Crippen LogP contribution < -0.4 is 0 Å². The highest BCUT2D eigenvalue weighted by Crippen LogP contribution is 2.15. The minimum absolute atomic E-state index is 0.0996. The molecule has 7 heteroatoms. The van der Waals surface area contributed by atoms with Crippen LogP contribution in [-0.4, -0.2) is 31.8 Å². The maximum absolute atomic E-state index is 11.5. The van der Waals surface area contributed by atoms with E-state index >= 15 is 0 Å². The lowest BCUT2D eigenvalue weighted by atomic mass is 10.5. The first kappa shape index (κ1) is 12.5. The number of hydrogen-bond acceptors (Lipinski definition) is 4. The van der Waals surface area contributed by atoms with E-state index in [1.54, 1.807) is 0 Å². The number of rotatable bonds is 2. The lowest BCUT2D eigenvalue weighted by Gasteiger charge is -2.00. The summed E-state index contributed by atoms with van der Waals surface area (Å²) < 4.78 is 42.5. The van der Waals surface area contributed by atoms with Crippen molar-refractivity contribution in [1.29, 1.82) is 0 Å². The molecular formula is C7H7F3O4. The van der Waals surface area contributed by atoms with Crippen LogP contribution in [0.2, 0.25) is 0 Å². The van der Waals surface area contributed by atoms with Gasteiger partial charge in [0.05, 0.1) is 7.11 Å². The van der Waals surface area contributed by atoms with Gasteiger partial charge in [0.25, 0.3) is 0 Å². The topological polar surface area (TPSA) is 52.6 Å². The Morgan fingerprint density at radius 2 is 1.86 bits per heavy atom.